The van der Waals surface area contributed by atoms with Crippen molar-refractivity contribution >= 4 is 41.6 Å². The van der Waals surface area contributed by atoms with Crippen LogP contribution in [0.4, 0.5) is 4.79 Å². The summed E-state index contributed by atoms with van der Waals surface area (Å²) in [7, 11) is 0. The smallest absolute Gasteiger partial charge is 0.408 e. The minimum atomic E-state index is -0.920. The predicted molar refractivity (Wildman–Crippen MR) is 196 cm³/mol. The lowest BCUT2D eigenvalue weighted by atomic mass is 9.94. The van der Waals surface area contributed by atoms with Gasteiger partial charge in [0.05, 0.1) is 0 Å². The van der Waals surface area contributed by atoms with E-state index < -0.39 is 65.5 Å². The zero-order chi connectivity index (χ0) is 39.3. The Hall–Kier alpha value is -4.69. The van der Waals surface area contributed by atoms with Gasteiger partial charge in [0.25, 0.3) is 0 Å². The Labute approximate surface area is 312 Å². The van der Waals surface area contributed by atoms with Crippen LogP contribution < -0.4 is 31.9 Å². The molecule has 0 unspecified atom stereocenters. The molecule has 6 N–H and O–H groups in total. The third-order valence-corrected chi connectivity index (χ3v) is 9.64. The van der Waals surface area contributed by atoms with E-state index >= 15 is 0 Å². The molecule has 2 saturated carbocycles. The number of hydrogen-bond donors (Lipinski definition) is 6. The summed E-state index contributed by atoms with van der Waals surface area (Å²) in [6.07, 6.45) is 3.55. The zero-order valence-corrected chi connectivity index (χ0v) is 32.0. The number of carbonyl (C=O) groups is 7. The van der Waals surface area contributed by atoms with Gasteiger partial charge >= 0.3 is 12.1 Å². The third-order valence-electron chi connectivity index (χ3n) is 9.64. The monoisotopic (exact) mass is 742 g/mol. The van der Waals surface area contributed by atoms with Gasteiger partial charge in [0, 0.05) is 24.9 Å². The van der Waals surface area contributed by atoms with E-state index in [1.165, 1.54) is 13.8 Å². The van der Waals surface area contributed by atoms with Crippen LogP contribution in [0, 0.1) is 23.7 Å². The zero-order valence-electron chi connectivity index (χ0n) is 32.0. The summed E-state index contributed by atoms with van der Waals surface area (Å²) in [5.74, 6) is -3.57. The van der Waals surface area contributed by atoms with Gasteiger partial charge in [0.1, 0.15) is 36.4 Å². The SMILES string of the molecule is C[C@@H](NC(=O)OC(C)(C)C)C(=O)NC[C@@H]1CCC[C@H]1C(=O)N[C@H](C)C(=O)N[C@H](C)C(=O)NC[C@@H]1CCC[C@H]1C(=O)N[C@H](C)C(=O)OCc1ccccc1. The molecule has 294 valence electrons. The lowest BCUT2D eigenvalue weighted by Crippen LogP contribution is -2.53. The largest absolute Gasteiger partial charge is 0.459 e. The van der Waals surface area contributed by atoms with E-state index in [4.69, 9.17) is 9.47 Å². The van der Waals surface area contributed by atoms with Crippen molar-refractivity contribution in [2.24, 2.45) is 23.7 Å². The van der Waals surface area contributed by atoms with Gasteiger partial charge in [0.15, 0.2) is 0 Å². The van der Waals surface area contributed by atoms with Crippen LogP contribution in [-0.2, 0) is 44.8 Å². The van der Waals surface area contributed by atoms with Crippen molar-refractivity contribution in [3.05, 3.63) is 35.9 Å². The Kier molecular flexibility index (Phi) is 16.1. The quantitative estimate of drug-likeness (QED) is 0.137. The van der Waals surface area contributed by atoms with Crippen molar-refractivity contribution in [2.45, 2.75) is 123 Å². The van der Waals surface area contributed by atoms with Gasteiger partial charge in [0.2, 0.25) is 29.5 Å². The molecule has 2 fully saturated rings. The first kappa shape index (κ1) is 42.7. The molecule has 0 aromatic heterocycles. The van der Waals surface area contributed by atoms with Crippen LogP contribution in [0.1, 0.15) is 92.6 Å². The molecule has 0 spiro atoms. The lowest BCUT2D eigenvalue weighted by molar-refractivity contribution is -0.149. The van der Waals surface area contributed by atoms with Crippen LogP contribution in [0.3, 0.4) is 0 Å². The van der Waals surface area contributed by atoms with Gasteiger partial charge in [-0.1, -0.05) is 43.2 Å². The van der Waals surface area contributed by atoms with Gasteiger partial charge < -0.3 is 41.4 Å². The second kappa shape index (κ2) is 20.0. The van der Waals surface area contributed by atoms with Crippen LogP contribution in [0.25, 0.3) is 0 Å². The molecule has 15 nitrogen and oxygen atoms in total. The molecule has 53 heavy (non-hydrogen) atoms. The molecule has 0 aliphatic heterocycles. The second-order valence-electron chi connectivity index (χ2n) is 15.2. The van der Waals surface area contributed by atoms with Crippen molar-refractivity contribution in [2.75, 3.05) is 13.1 Å². The van der Waals surface area contributed by atoms with Crippen molar-refractivity contribution in [3.63, 3.8) is 0 Å². The number of benzene rings is 1. The van der Waals surface area contributed by atoms with Gasteiger partial charge in [-0.2, -0.15) is 0 Å². The number of carbonyl (C=O) groups excluding carboxylic acids is 7. The molecule has 15 heteroatoms. The fraction of sp³-hybridized carbons (Fsp3) is 0.658. The summed E-state index contributed by atoms with van der Waals surface area (Å²) in [4.78, 5) is 89.1. The van der Waals surface area contributed by atoms with E-state index in [1.807, 2.05) is 30.3 Å². The highest BCUT2D eigenvalue weighted by atomic mass is 16.6. The molecule has 1 aromatic rings. The minimum absolute atomic E-state index is 0.109. The molecule has 2 aliphatic carbocycles. The number of alkyl carbamates (subject to hydrolysis) is 1. The number of hydrogen-bond acceptors (Lipinski definition) is 9. The average molecular weight is 743 g/mol. The summed E-state index contributed by atoms with van der Waals surface area (Å²) in [5, 5.41) is 16.3. The summed E-state index contributed by atoms with van der Waals surface area (Å²) < 4.78 is 10.5. The van der Waals surface area contributed by atoms with Crippen molar-refractivity contribution in [1.82, 2.24) is 31.9 Å². The molecule has 1 aromatic carbocycles. The Morgan fingerprint density at radius 1 is 0.642 bits per heavy atom. The first-order valence-corrected chi connectivity index (χ1v) is 18.6. The molecule has 0 saturated heterocycles. The summed E-state index contributed by atoms with van der Waals surface area (Å²) in [6.45, 7) is 11.9. The fourth-order valence-corrected chi connectivity index (χ4v) is 6.60. The number of amides is 6. The highest BCUT2D eigenvalue weighted by Gasteiger charge is 2.36. The minimum Gasteiger partial charge on any atom is -0.459 e. The molecule has 0 radical (unpaired) electrons. The normalized spacial score (nSPS) is 21.9. The number of rotatable bonds is 16. The maximum atomic E-state index is 13.2. The predicted octanol–water partition coefficient (Wildman–Crippen LogP) is 2.22. The van der Waals surface area contributed by atoms with E-state index in [1.54, 1.807) is 34.6 Å². The van der Waals surface area contributed by atoms with E-state index in [9.17, 15) is 33.6 Å². The Morgan fingerprint density at radius 3 is 1.62 bits per heavy atom. The van der Waals surface area contributed by atoms with Crippen LogP contribution in [0.2, 0.25) is 0 Å². The highest BCUT2D eigenvalue weighted by Crippen LogP contribution is 2.32. The third kappa shape index (κ3) is 14.0. The number of ether oxygens (including phenoxy) is 2. The summed E-state index contributed by atoms with van der Waals surface area (Å²) in [6, 6.07) is 5.76. The van der Waals surface area contributed by atoms with Crippen molar-refractivity contribution in [1.29, 1.82) is 0 Å². The Morgan fingerprint density at radius 2 is 1.11 bits per heavy atom. The van der Waals surface area contributed by atoms with Crippen LogP contribution >= 0.6 is 0 Å². The Balaban J connectivity index is 1.38. The first-order chi connectivity index (χ1) is 24.9. The lowest BCUT2D eigenvalue weighted by Gasteiger charge is -2.24. The van der Waals surface area contributed by atoms with E-state index in [0.717, 1.165) is 24.8 Å². The van der Waals surface area contributed by atoms with E-state index in [-0.39, 0.29) is 49.3 Å². The Bertz CT molecular complexity index is 1450. The van der Waals surface area contributed by atoms with Crippen molar-refractivity contribution < 1.29 is 43.0 Å². The van der Waals surface area contributed by atoms with Crippen molar-refractivity contribution in [3.8, 4) is 0 Å². The first-order valence-electron chi connectivity index (χ1n) is 18.6. The average Bonchev–Trinajstić information content (AvgIpc) is 3.78. The molecule has 0 heterocycles. The molecule has 0 bridgehead atoms. The van der Waals surface area contributed by atoms with Crippen LogP contribution in [0.5, 0.6) is 0 Å². The number of nitrogens with one attached hydrogen (secondary N) is 6. The maximum Gasteiger partial charge on any atom is 0.408 e. The highest BCUT2D eigenvalue weighted by molar-refractivity contribution is 5.92. The standard InChI is InChI=1S/C38H58N6O9/c1-22(31(45)39-19-28-16-12-18-30(28)35(49)43-25(4)36(50)52-21-26-13-9-8-10-14-26)41-33(47)24(3)42-34(48)29-17-11-15-27(29)20-40-32(46)23(2)44-37(51)53-38(5,6)7/h8-10,13-14,22-25,27-30H,11-12,15-21H2,1-7H3,(H,39,45)(H,40,46)(H,41,47)(H,42,48)(H,43,49)(H,44,51)/t22-,23-,24-,25-,27+,28+,29-,30-/m1/s1. The topological polar surface area (TPSA) is 210 Å². The molecular weight excluding hydrogens is 684 g/mol. The molecule has 2 aliphatic rings. The molecule has 8 atom stereocenters. The fourth-order valence-electron chi connectivity index (χ4n) is 6.60. The van der Waals surface area contributed by atoms with Gasteiger partial charge in [-0.15, -0.1) is 0 Å². The van der Waals surface area contributed by atoms with Gasteiger partial charge in [-0.25, -0.2) is 9.59 Å². The molecule has 6 amide bonds. The molecule has 3 rings (SSSR count). The van der Waals surface area contributed by atoms with E-state index in [2.05, 4.69) is 31.9 Å². The van der Waals surface area contributed by atoms with E-state index in [0.29, 0.717) is 19.3 Å². The number of esters is 1. The van der Waals surface area contributed by atoms with Crippen LogP contribution in [0.15, 0.2) is 30.3 Å². The summed E-state index contributed by atoms with van der Waals surface area (Å²) >= 11 is 0. The maximum absolute atomic E-state index is 13.2. The molecular formula is C38H58N6O9. The van der Waals surface area contributed by atoms with Gasteiger partial charge in [-0.05, 0) is 91.5 Å². The second-order valence-corrected chi connectivity index (χ2v) is 15.2. The van der Waals surface area contributed by atoms with Gasteiger partial charge in [-0.3, -0.25) is 24.0 Å². The summed E-state index contributed by atoms with van der Waals surface area (Å²) in [5.41, 5.74) is 0.142. The van der Waals surface area contributed by atoms with Crippen LogP contribution in [-0.4, -0.2) is 84.5 Å².